The van der Waals surface area contributed by atoms with Gasteiger partial charge in [0.2, 0.25) is 0 Å². The monoisotopic (exact) mass is 181 g/mol. The number of ether oxygens (including phenoxy) is 1. The van der Waals surface area contributed by atoms with Crippen LogP contribution in [0.1, 0.15) is 5.82 Å². The van der Waals surface area contributed by atoms with Crippen LogP contribution in [0.3, 0.4) is 0 Å². The Morgan fingerprint density at radius 1 is 1.77 bits per heavy atom. The fourth-order valence-corrected chi connectivity index (χ4v) is 1.75. The molecule has 0 bridgehead atoms. The molecular weight excluding hydrogens is 166 g/mol. The van der Waals surface area contributed by atoms with Gasteiger partial charge in [0.25, 0.3) is 0 Å². The zero-order valence-electron chi connectivity index (χ0n) is 7.86. The van der Waals surface area contributed by atoms with Gasteiger partial charge in [-0.15, -0.1) is 0 Å². The van der Waals surface area contributed by atoms with Crippen LogP contribution in [0.25, 0.3) is 0 Å². The molecule has 2 rings (SSSR count). The molecule has 0 fully saturated rings. The number of nitrogens with zero attached hydrogens (tertiary/aromatic N) is 2. The van der Waals surface area contributed by atoms with Gasteiger partial charge >= 0.3 is 0 Å². The Labute approximate surface area is 77.9 Å². The van der Waals surface area contributed by atoms with Crippen molar-refractivity contribution < 1.29 is 4.74 Å². The van der Waals surface area contributed by atoms with Crippen molar-refractivity contribution in [3.8, 4) is 0 Å². The van der Waals surface area contributed by atoms with Crippen LogP contribution in [-0.2, 0) is 17.8 Å². The first-order valence-corrected chi connectivity index (χ1v) is 4.60. The van der Waals surface area contributed by atoms with Crippen LogP contribution in [0.15, 0.2) is 12.4 Å². The molecule has 0 spiro atoms. The Bertz CT molecular complexity index is 272. The number of methoxy groups -OCH3 is 1. The minimum Gasteiger partial charge on any atom is -0.384 e. The Morgan fingerprint density at radius 2 is 2.69 bits per heavy atom. The summed E-state index contributed by atoms with van der Waals surface area (Å²) >= 11 is 0. The molecule has 0 radical (unpaired) electrons. The number of aromatic nitrogens is 2. The van der Waals surface area contributed by atoms with E-state index in [1.807, 2.05) is 12.4 Å². The molecule has 1 aliphatic rings. The van der Waals surface area contributed by atoms with Crippen molar-refractivity contribution in [2.45, 2.75) is 13.1 Å². The van der Waals surface area contributed by atoms with E-state index in [0.29, 0.717) is 5.92 Å². The van der Waals surface area contributed by atoms with Crippen LogP contribution in [0.5, 0.6) is 0 Å². The lowest BCUT2D eigenvalue weighted by Crippen LogP contribution is -2.24. The van der Waals surface area contributed by atoms with Crippen molar-refractivity contribution in [1.82, 2.24) is 14.9 Å². The van der Waals surface area contributed by atoms with Gasteiger partial charge in [0.05, 0.1) is 13.2 Å². The normalized spacial score (nSPS) is 22.4. The van der Waals surface area contributed by atoms with Gasteiger partial charge in [0.1, 0.15) is 5.82 Å². The van der Waals surface area contributed by atoms with Gasteiger partial charge in [-0.1, -0.05) is 0 Å². The zero-order valence-corrected chi connectivity index (χ0v) is 7.86. The van der Waals surface area contributed by atoms with E-state index >= 15 is 0 Å². The van der Waals surface area contributed by atoms with E-state index in [0.717, 1.165) is 32.1 Å². The lowest BCUT2D eigenvalue weighted by molar-refractivity contribution is 0.144. The van der Waals surface area contributed by atoms with E-state index in [-0.39, 0.29) is 0 Å². The van der Waals surface area contributed by atoms with Gasteiger partial charge in [-0.05, 0) is 0 Å². The largest absolute Gasteiger partial charge is 0.384 e. The lowest BCUT2D eigenvalue weighted by Gasteiger charge is -2.13. The molecule has 0 aromatic carbocycles. The summed E-state index contributed by atoms with van der Waals surface area (Å²) < 4.78 is 7.35. The third-order valence-corrected chi connectivity index (χ3v) is 2.38. The highest BCUT2D eigenvalue weighted by Gasteiger charge is 2.15. The third kappa shape index (κ3) is 1.89. The van der Waals surface area contributed by atoms with Crippen LogP contribution in [0.2, 0.25) is 0 Å². The number of hydrogen-bond acceptors (Lipinski definition) is 3. The second-order valence-electron chi connectivity index (χ2n) is 3.45. The standard InChI is InChI=1S/C9H15N3O/c1-13-7-8-4-10-5-9-11-2-3-12(9)6-8/h2-3,8,10H,4-7H2,1H3/t8-/m1/s1. The fourth-order valence-electron chi connectivity index (χ4n) is 1.75. The van der Waals surface area contributed by atoms with Gasteiger partial charge in [-0.2, -0.15) is 0 Å². The van der Waals surface area contributed by atoms with Gasteiger partial charge in [0, 0.05) is 38.5 Å². The van der Waals surface area contributed by atoms with Crippen LogP contribution < -0.4 is 5.32 Å². The fraction of sp³-hybridized carbons (Fsp3) is 0.667. The van der Waals surface area contributed by atoms with Crippen LogP contribution >= 0.6 is 0 Å². The minimum absolute atomic E-state index is 0.556. The summed E-state index contributed by atoms with van der Waals surface area (Å²) in [6.45, 7) is 3.70. The second-order valence-corrected chi connectivity index (χ2v) is 3.45. The summed E-state index contributed by atoms with van der Waals surface area (Å²) in [7, 11) is 1.75. The molecule has 1 aliphatic heterocycles. The lowest BCUT2D eigenvalue weighted by atomic mass is 10.1. The Hall–Kier alpha value is -0.870. The summed E-state index contributed by atoms with van der Waals surface area (Å²) in [5.74, 6) is 1.68. The summed E-state index contributed by atoms with van der Waals surface area (Å²) in [5, 5.41) is 3.36. The zero-order chi connectivity index (χ0) is 9.10. The van der Waals surface area contributed by atoms with E-state index in [1.165, 1.54) is 0 Å². The molecule has 72 valence electrons. The van der Waals surface area contributed by atoms with Crippen LogP contribution in [0, 0.1) is 5.92 Å². The first-order valence-electron chi connectivity index (χ1n) is 4.60. The highest BCUT2D eigenvalue weighted by atomic mass is 16.5. The smallest absolute Gasteiger partial charge is 0.122 e. The van der Waals surface area contributed by atoms with E-state index in [9.17, 15) is 0 Å². The predicted octanol–water partition coefficient (Wildman–Crippen LogP) is 0.249. The topological polar surface area (TPSA) is 39.1 Å². The molecule has 4 heteroatoms. The molecule has 0 amide bonds. The molecule has 0 unspecified atom stereocenters. The summed E-state index contributed by atoms with van der Waals surface area (Å²) in [5.41, 5.74) is 0. The maximum absolute atomic E-state index is 5.15. The Morgan fingerprint density at radius 3 is 3.54 bits per heavy atom. The molecule has 1 aromatic rings. The highest BCUT2D eigenvalue weighted by Crippen LogP contribution is 2.08. The molecule has 0 saturated heterocycles. The number of imidazole rings is 1. The first kappa shape index (κ1) is 8.72. The van der Waals surface area contributed by atoms with Crippen molar-refractivity contribution in [2.75, 3.05) is 20.3 Å². The van der Waals surface area contributed by atoms with E-state index in [1.54, 1.807) is 7.11 Å². The third-order valence-electron chi connectivity index (χ3n) is 2.38. The van der Waals surface area contributed by atoms with E-state index in [2.05, 4.69) is 14.9 Å². The summed E-state index contributed by atoms with van der Waals surface area (Å²) in [6, 6.07) is 0. The Kier molecular flexibility index (Phi) is 2.61. The molecule has 1 aromatic heterocycles. The van der Waals surface area contributed by atoms with Crippen molar-refractivity contribution >= 4 is 0 Å². The average Bonchev–Trinajstić information content (AvgIpc) is 2.46. The average molecular weight is 181 g/mol. The maximum atomic E-state index is 5.15. The van der Waals surface area contributed by atoms with Crippen LogP contribution in [-0.4, -0.2) is 29.8 Å². The van der Waals surface area contributed by atoms with Crippen LogP contribution in [0.4, 0.5) is 0 Å². The van der Waals surface area contributed by atoms with Gasteiger partial charge in [-0.3, -0.25) is 0 Å². The molecule has 4 nitrogen and oxygen atoms in total. The molecule has 0 aliphatic carbocycles. The van der Waals surface area contributed by atoms with E-state index in [4.69, 9.17) is 4.74 Å². The Balaban J connectivity index is 2.07. The first-order chi connectivity index (χ1) is 6.40. The molecule has 13 heavy (non-hydrogen) atoms. The van der Waals surface area contributed by atoms with Crippen molar-refractivity contribution in [1.29, 1.82) is 0 Å². The van der Waals surface area contributed by atoms with Gasteiger partial charge in [-0.25, -0.2) is 4.98 Å². The van der Waals surface area contributed by atoms with Gasteiger partial charge in [0.15, 0.2) is 0 Å². The number of nitrogens with one attached hydrogen (secondary N) is 1. The molecular formula is C9H15N3O. The number of hydrogen-bond donors (Lipinski definition) is 1. The summed E-state index contributed by atoms with van der Waals surface area (Å²) in [4.78, 5) is 4.27. The molecule has 2 heterocycles. The molecule has 1 N–H and O–H groups in total. The predicted molar refractivity (Wildman–Crippen MR) is 49.3 cm³/mol. The van der Waals surface area contributed by atoms with E-state index < -0.39 is 0 Å². The minimum atomic E-state index is 0.556. The van der Waals surface area contributed by atoms with Gasteiger partial charge < -0.3 is 14.6 Å². The van der Waals surface area contributed by atoms with Crippen molar-refractivity contribution in [2.24, 2.45) is 5.92 Å². The molecule has 0 saturated carbocycles. The number of rotatable bonds is 2. The highest BCUT2D eigenvalue weighted by molar-refractivity contribution is 4.94. The SMILES string of the molecule is COC[C@@H]1CNCc2nccn2C1. The second kappa shape index (κ2) is 3.89. The maximum Gasteiger partial charge on any atom is 0.122 e. The summed E-state index contributed by atoms with van der Waals surface area (Å²) in [6.07, 6.45) is 3.89. The van der Waals surface area contributed by atoms with Crippen molar-refractivity contribution in [3.05, 3.63) is 18.2 Å². The molecule has 1 atom stereocenters. The number of fused-ring (bicyclic) bond motifs is 1. The van der Waals surface area contributed by atoms with Crippen molar-refractivity contribution in [3.63, 3.8) is 0 Å². The quantitative estimate of drug-likeness (QED) is 0.710.